The van der Waals surface area contributed by atoms with Crippen molar-refractivity contribution < 1.29 is 28.5 Å². The third kappa shape index (κ3) is 13.5. The van der Waals surface area contributed by atoms with Gasteiger partial charge in [0.2, 0.25) is 0 Å². The molecule has 0 radical (unpaired) electrons. The molecule has 1 heterocycles. The van der Waals surface area contributed by atoms with Gasteiger partial charge < -0.3 is 24.0 Å². The summed E-state index contributed by atoms with van der Waals surface area (Å²) in [7, 11) is 0. The Morgan fingerprint density at radius 2 is 0.955 bits per heavy atom. The summed E-state index contributed by atoms with van der Waals surface area (Å²) in [5.74, 6) is 0. The molecular formula is C20H36IN. The number of hydrogen-bond donors (Lipinski definition) is 0. The molecule has 0 saturated heterocycles. The Hall–Kier alpha value is -0.120. The van der Waals surface area contributed by atoms with Crippen LogP contribution in [0.1, 0.15) is 90.4 Å². The van der Waals surface area contributed by atoms with E-state index in [0.717, 1.165) is 0 Å². The van der Waals surface area contributed by atoms with Crippen LogP contribution in [0.5, 0.6) is 0 Å². The lowest BCUT2D eigenvalue weighted by atomic mass is 10.0. The molecule has 0 saturated carbocycles. The molecule has 128 valence electrons. The predicted molar refractivity (Wildman–Crippen MR) is 92.3 cm³/mol. The zero-order valence-electron chi connectivity index (χ0n) is 14.6. The molecule has 1 aromatic heterocycles. The van der Waals surface area contributed by atoms with Gasteiger partial charge in [-0.05, 0) is 6.42 Å². The molecule has 1 aromatic rings. The highest BCUT2D eigenvalue weighted by Gasteiger charge is 1.98. The lowest BCUT2D eigenvalue weighted by Crippen LogP contribution is -3.00. The van der Waals surface area contributed by atoms with E-state index in [0.29, 0.717) is 0 Å². The maximum Gasteiger partial charge on any atom is 0.168 e. The molecule has 0 aliphatic rings. The van der Waals surface area contributed by atoms with Crippen molar-refractivity contribution in [3.8, 4) is 0 Å². The van der Waals surface area contributed by atoms with Crippen molar-refractivity contribution >= 4 is 0 Å². The standard InChI is InChI=1S/C20H36N.HI/c1-2-3-4-5-6-7-8-9-10-11-12-13-15-18-21-19-16-14-17-20-21;/h14,16-17,19-20H,2-13,15,18H2,1H3;1H/q+1;/p-1. The number of aromatic nitrogens is 1. The van der Waals surface area contributed by atoms with Gasteiger partial charge in [-0.3, -0.25) is 0 Å². The normalized spacial score (nSPS) is 10.4. The van der Waals surface area contributed by atoms with E-state index in [4.69, 9.17) is 0 Å². The lowest BCUT2D eigenvalue weighted by Gasteiger charge is -2.02. The second-order valence-corrected chi connectivity index (χ2v) is 6.36. The molecule has 0 amide bonds. The van der Waals surface area contributed by atoms with E-state index in [1.807, 2.05) is 0 Å². The molecule has 0 N–H and O–H groups in total. The SMILES string of the molecule is CCCCCCCCCCCCCCC[n+]1ccccc1.[I-]. The van der Waals surface area contributed by atoms with Crippen LogP contribution < -0.4 is 28.5 Å². The van der Waals surface area contributed by atoms with Gasteiger partial charge in [0, 0.05) is 18.6 Å². The maximum absolute atomic E-state index is 2.29. The summed E-state index contributed by atoms with van der Waals surface area (Å²) >= 11 is 0. The summed E-state index contributed by atoms with van der Waals surface area (Å²) in [6.45, 7) is 3.47. The minimum atomic E-state index is 0. The number of rotatable bonds is 14. The molecule has 0 aliphatic carbocycles. The Labute approximate surface area is 155 Å². The van der Waals surface area contributed by atoms with Crippen molar-refractivity contribution in [3.63, 3.8) is 0 Å². The molecule has 0 spiro atoms. The number of nitrogens with zero attached hydrogens (tertiary/aromatic N) is 1. The van der Waals surface area contributed by atoms with Gasteiger partial charge in [-0.1, -0.05) is 83.6 Å². The fourth-order valence-electron chi connectivity index (χ4n) is 2.90. The smallest absolute Gasteiger partial charge is 0.168 e. The fraction of sp³-hybridized carbons (Fsp3) is 0.750. The molecule has 0 aromatic carbocycles. The van der Waals surface area contributed by atoms with Gasteiger partial charge in [0.1, 0.15) is 6.54 Å². The summed E-state index contributed by atoms with van der Waals surface area (Å²) in [5, 5.41) is 0. The Morgan fingerprint density at radius 3 is 1.41 bits per heavy atom. The van der Waals surface area contributed by atoms with Crippen LogP contribution in [0.3, 0.4) is 0 Å². The Bertz CT molecular complexity index is 313. The topological polar surface area (TPSA) is 3.88 Å². The van der Waals surface area contributed by atoms with Crippen LogP contribution in [0.4, 0.5) is 0 Å². The number of aryl methyl sites for hydroxylation is 1. The van der Waals surface area contributed by atoms with E-state index in [1.54, 1.807) is 0 Å². The van der Waals surface area contributed by atoms with Crippen LogP contribution >= 0.6 is 0 Å². The van der Waals surface area contributed by atoms with Gasteiger partial charge in [0.15, 0.2) is 12.4 Å². The first-order valence-corrected chi connectivity index (χ1v) is 9.37. The van der Waals surface area contributed by atoms with E-state index in [2.05, 4.69) is 42.1 Å². The first-order chi connectivity index (χ1) is 10.4. The van der Waals surface area contributed by atoms with Crippen molar-refractivity contribution in [2.75, 3.05) is 0 Å². The molecular weight excluding hydrogens is 381 g/mol. The third-order valence-electron chi connectivity index (χ3n) is 4.30. The van der Waals surface area contributed by atoms with Gasteiger partial charge in [0.25, 0.3) is 0 Å². The largest absolute Gasteiger partial charge is 1.00 e. The van der Waals surface area contributed by atoms with Gasteiger partial charge in [-0.25, -0.2) is 4.57 Å². The van der Waals surface area contributed by atoms with Crippen LogP contribution in [0.25, 0.3) is 0 Å². The fourth-order valence-corrected chi connectivity index (χ4v) is 2.90. The van der Waals surface area contributed by atoms with Crippen molar-refractivity contribution in [2.45, 2.75) is 96.9 Å². The summed E-state index contributed by atoms with van der Waals surface area (Å²) < 4.78 is 2.29. The Kier molecular flexibility index (Phi) is 17.1. The third-order valence-corrected chi connectivity index (χ3v) is 4.30. The highest BCUT2D eigenvalue weighted by Crippen LogP contribution is 2.12. The van der Waals surface area contributed by atoms with E-state index in [-0.39, 0.29) is 24.0 Å². The second kappa shape index (κ2) is 17.2. The second-order valence-electron chi connectivity index (χ2n) is 6.36. The van der Waals surface area contributed by atoms with Gasteiger partial charge in [-0.2, -0.15) is 0 Å². The molecule has 0 unspecified atom stereocenters. The van der Waals surface area contributed by atoms with E-state index >= 15 is 0 Å². The molecule has 22 heavy (non-hydrogen) atoms. The lowest BCUT2D eigenvalue weighted by molar-refractivity contribution is -0.697. The quantitative estimate of drug-likeness (QED) is 0.249. The number of unbranched alkanes of at least 4 members (excludes halogenated alkanes) is 12. The highest BCUT2D eigenvalue weighted by molar-refractivity contribution is 4.83. The summed E-state index contributed by atoms with van der Waals surface area (Å²) in [6, 6.07) is 6.31. The zero-order valence-corrected chi connectivity index (χ0v) is 16.8. The Morgan fingerprint density at radius 1 is 0.545 bits per heavy atom. The van der Waals surface area contributed by atoms with Gasteiger partial charge in [-0.15, -0.1) is 0 Å². The first-order valence-electron chi connectivity index (χ1n) is 9.37. The zero-order chi connectivity index (χ0) is 15.0. The predicted octanol–water partition coefficient (Wildman–Crippen LogP) is 3.07. The van der Waals surface area contributed by atoms with Crippen LogP contribution in [0.15, 0.2) is 30.6 Å². The minimum absolute atomic E-state index is 0. The molecule has 0 bridgehead atoms. The Balaban J connectivity index is 0.00000441. The first kappa shape index (κ1) is 21.9. The van der Waals surface area contributed by atoms with Crippen molar-refractivity contribution in [1.29, 1.82) is 0 Å². The van der Waals surface area contributed by atoms with Gasteiger partial charge in [0.05, 0.1) is 0 Å². The molecule has 1 nitrogen and oxygen atoms in total. The van der Waals surface area contributed by atoms with Crippen molar-refractivity contribution in [1.82, 2.24) is 0 Å². The number of hydrogen-bond acceptors (Lipinski definition) is 0. The van der Waals surface area contributed by atoms with Crippen LogP contribution in [-0.4, -0.2) is 0 Å². The minimum Gasteiger partial charge on any atom is -1.00 e. The van der Waals surface area contributed by atoms with Crippen molar-refractivity contribution in [3.05, 3.63) is 30.6 Å². The highest BCUT2D eigenvalue weighted by atomic mass is 127. The van der Waals surface area contributed by atoms with E-state index in [9.17, 15) is 0 Å². The monoisotopic (exact) mass is 417 g/mol. The average Bonchev–Trinajstić information content (AvgIpc) is 2.53. The maximum atomic E-state index is 2.29. The number of halogens is 1. The summed E-state index contributed by atoms with van der Waals surface area (Å²) in [6.07, 6.45) is 22.9. The van der Waals surface area contributed by atoms with E-state index in [1.165, 1.54) is 90.0 Å². The number of pyridine rings is 1. The van der Waals surface area contributed by atoms with Crippen LogP contribution in [-0.2, 0) is 6.54 Å². The molecule has 2 heteroatoms. The van der Waals surface area contributed by atoms with E-state index < -0.39 is 0 Å². The van der Waals surface area contributed by atoms with Crippen LogP contribution in [0, 0.1) is 0 Å². The average molecular weight is 417 g/mol. The van der Waals surface area contributed by atoms with Crippen LogP contribution in [0.2, 0.25) is 0 Å². The van der Waals surface area contributed by atoms with Crippen molar-refractivity contribution in [2.24, 2.45) is 0 Å². The molecule has 0 fully saturated rings. The van der Waals surface area contributed by atoms with Gasteiger partial charge >= 0.3 is 0 Å². The summed E-state index contributed by atoms with van der Waals surface area (Å²) in [5.41, 5.74) is 0. The molecule has 0 aliphatic heterocycles. The molecule has 0 atom stereocenters. The molecule has 1 rings (SSSR count). The summed E-state index contributed by atoms with van der Waals surface area (Å²) in [4.78, 5) is 0.